The molecule has 0 aromatic carbocycles. The molecule has 2 saturated carbocycles. The van der Waals surface area contributed by atoms with Crippen LogP contribution in [0.2, 0.25) is 0 Å². The SMILES string of the molecule is O=C(NCC1CCC2(CC1)OCCO2)[C@H]1CCCN(C(=O)C2CC2)C1. The third kappa shape index (κ3) is 4.00. The summed E-state index contributed by atoms with van der Waals surface area (Å²) in [5.74, 6) is 0.793. The van der Waals surface area contributed by atoms with Crippen LogP contribution in [0.1, 0.15) is 51.4 Å². The van der Waals surface area contributed by atoms with E-state index in [1.807, 2.05) is 4.90 Å². The van der Waals surface area contributed by atoms with Gasteiger partial charge in [-0.25, -0.2) is 0 Å². The summed E-state index contributed by atoms with van der Waals surface area (Å²) in [5.41, 5.74) is 0. The van der Waals surface area contributed by atoms with Crippen molar-refractivity contribution in [2.75, 3.05) is 32.8 Å². The zero-order valence-electron chi connectivity index (χ0n) is 15.0. The lowest BCUT2D eigenvalue weighted by Gasteiger charge is -2.36. The maximum Gasteiger partial charge on any atom is 0.225 e. The Morgan fingerprint density at radius 1 is 1.00 bits per heavy atom. The normalized spacial score (nSPS) is 29.8. The number of hydrogen-bond donors (Lipinski definition) is 1. The molecule has 4 rings (SSSR count). The van der Waals surface area contributed by atoms with Gasteiger partial charge in [0.2, 0.25) is 11.8 Å². The van der Waals surface area contributed by atoms with Crippen LogP contribution in [0.5, 0.6) is 0 Å². The molecule has 1 spiro atoms. The fraction of sp³-hybridized carbons (Fsp3) is 0.895. The highest BCUT2D eigenvalue weighted by atomic mass is 16.7. The predicted molar refractivity (Wildman–Crippen MR) is 91.6 cm³/mol. The third-order valence-electron chi connectivity index (χ3n) is 6.28. The Kier molecular flexibility index (Phi) is 5.00. The predicted octanol–water partition coefficient (Wildman–Crippen LogP) is 1.68. The number of rotatable bonds is 4. The number of hydrogen-bond acceptors (Lipinski definition) is 4. The lowest BCUT2D eigenvalue weighted by atomic mass is 9.85. The highest BCUT2D eigenvalue weighted by Gasteiger charge is 2.40. The molecule has 2 saturated heterocycles. The summed E-state index contributed by atoms with van der Waals surface area (Å²) >= 11 is 0. The average molecular weight is 350 g/mol. The molecule has 0 unspecified atom stereocenters. The molecule has 2 aliphatic carbocycles. The smallest absolute Gasteiger partial charge is 0.225 e. The first-order chi connectivity index (χ1) is 12.2. The van der Waals surface area contributed by atoms with Crippen molar-refractivity contribution in [1.29, 1.82) is 0 Å². The molecule has 140 valence electrons. The fourth-order valence-electron chi connectivity index (χ4n) is 4.48. The molecular formula is C19H30N2O4. The van der Waals surface area contributed by atoms with E-state index in [0.29, 0.717) is 25.7 Å². The van der Waals surface area contributed by atoms with E-state index in [0.717, 1.165) is 64.5 Å². The van der Waals surface area contributed by atoms with Gasteiger partial charge in [-0.05, 0) is 44.4 Å². The molecule has 4 fully saturated rings. The van der Waals surface area contributed by atoms with Crippen LogP contribution in [-0.2, 0) is 19.1 Å². The molecule has 0 bridgehead atoms. The first-order valence-electron chi connectivity index (χ1n) is 10.00. The minimum atomic E-state index is -0.326. The second kappa shape index (κ2) is 7.23. The van der Waals surface area contributed by atoms with Gasteiger partial charge in [-0.3, -0.25) is 9.59 Å². The van der Waals surface area contributed by atoms with E-state index >= 15 is 0 Å². The molecule has 0 aromatic rings. The minimum absolute atomic E-state index is 0.0344. The molecule has 2 heterocycles. The summed E-state index contributed by atoms with van der Waals surface area (Å²) in [6.45, 7) is 3.58. The highest BCUT2D eigenvalue weighted by Crippen LogP contribution is 2.38. The molecule has 0 radical (unpaired) electrons. The zero-order chi connectivity index (χ0) is 17.3. The van der Waals surface area contributed by atoms with E-state index in [1.54, 1.807) is 0 Å². The van der Waals surface area contributed by atoms with Gasteiger partial charge >= 0.3 is 0 Å². The lowest BCUT2D eigenvalue weighted by Crippen LogP contribution is -2.47. The van der Waals surface area contributed by atoms with Crippen molar-refractivity contribution in [3.05, 3.63) is 0 Å². The summed E-state index contributed by atoms with van der Waals surface area (Å²) in [6.07, 6.45) is 7.84. The second-order valence-electron chi connectivity index (χ2n) is 8.19. The summed E-state index contributed by atoms with van der Waals surface area (Å²) in [4.78, 5) is 26.7. The number of nitrogens with one attached hydrogen (secondary N) is 1. The molecule has 6 nitrogen and oxygen atoms in total. The van der Waals surface area contributed by atoms with E-state index in [1.165, 1.54) is 0 Å². The minimum Gasteiger partial charge on any atom is -0.356 e. The van der Waals surface area contributed by atoms with Gasteiger partial charge in [-0.1, -0.05) is 0 Å². The summed E-state index contributed by atoms with van der Waals surface area (Å²) in [7, 11) is 0. The molecule has 1 N–H and O–H groups in total. The Morgan fingerprint density at radius 3 is 2.40 bits per heavy atom. The van der Waals surface area contributed by atoms with E-state index in [2.05, 4.69) is 5.32 Å². The monoisotopic (exact) mass is 350 g/mol. The highest BCUT2D eigenvalue weighted by molar-refractivity contribution is 5.83. The van der Waals surface area contributed by atoms with Gasteiger partial charge in [0.1, 0.15) is 0 Å². The van der Waals surface area contributed by atoms with Crippen molar-refractivity contribution in [3.8, 4) is 0 Å². The topological polar surface area (TPSA) is 67.9 Å². The van der Waals surface area contributed by atoms with Crippen LogP contribution in [0.3, 0.4) is 0 Å². The van der Waals surface area contributed by atoms with Gasteiger partial charge < -0.3 is 19.7 Å². The van der Waals surface area contributed by atoms with Crippen molar-refractivity contribution in [2.45, 2.75) is 57.2 Å². The van der Waals surface area contributed by atoms with Crippen LogP contribution in [-0.4, -0.2) is 55.3 Å². The molecule has 6 heteroatoms. The Hall–Kier alpha value is -1.14. The quantitative estimate of drug-likeness (QED) is 0.838. The molecule has 2 aliphatic heterocycles. The second-order valence-corrected chi connectivity index (χ2v) is 8.19. The number of amides is 2. The van der Waals surface area contributed by atoms with E-state index < -0.39 is 0 Å². The number of carbonyl (C=O) groups excluding carboxylic acids is 2. The molecule has 0 aromatic heterocycles. The van der Waals surface area contributed by atoms with Crippen LogP contribution in [0.15, 0.2) is 0 Å². The Balaban J connectivity index is 1.20. The van der Waals surface area contributed by atoms with Gasteiger partial charge in [-0.15, -0.1) is 0 Å². The number of ether oxygens (including phenoxy) is 2. The Bertz CT molecular complexity index is 504. The maximum atomic E-state index is 12.5. The number of nitrogens with zero attached hydrogens (tertiary/aromatic N) is 1. The van der Waals surface area contributed by atoms with Gasteiger partial charge in [0.15, 0.2) is 5.79 Å². The molecular weight excluding hydrogens is 320 g/mol. The lowest BCUT2D eigenvalue weighted by molar-refractivity contribution is -0.182. The molecule has 25 heavy (non-hydrogen) atoms. The first-order valence-corrected chi connectivity index (χ1v) is 10.00. The standard InChI is InChI=1S/C19H30N2O4/c22-17(16-2-1-9-21(13-16)18(23)15-3-4-15)20-12-14-5-7-19(8-6-14)24-10-11-25-19/h14-16H,1-13H2,(H,20,22)/t16-/m0/s1. The van der Waals surface area contributed by atoms with Crippen molar-refractivity contribution >= 4 is 11.8 Å². The van der Waals surface area contributed by atoms with Crippen LogP contribution in [0.25, 0.3) is 0 Å². The van der Waals surface area contributed by atoms with Crippen molar-refractivity contribution < 1.29 is 19.1 Å². The van der Waals surface area contributed by atoms with Crippen molar-refractivity contribution in [2.24, 2.45) is 17.8 Å². The van der Waals surface area contributed by atoms with Crippen molar-refractivity contribution in [1.82, 2.24) is 10.2 Å². The van der Waals surface area contributed by atoms with E-state index in [-0.39, 0.29) is 29.4 Å². The number of piperidine rings is 1. The molecule has 2 amide bonds. The summed E-state index contributed by atoms with van der Waals surface area (Å²) < 4.78 is 11.5. The van der Waals surface area contributed by atoms with E-state index in [9.17, 15) is 9.59 Å². The largest absolute Gasteiger partial charge is 0.356 e. The van der Waals surface area contributed by atoms with Gasteiger partial charge in [0.25, 0.3) is 0 Å². The maximum absolute atomic E-state index is 12.5. The van der Waals surface area contributed by atoms with Gasteiger partial charge in [0, 0.05) is 38.4 Å². The fourth-order valence-corrected chi connectivity index (χ4v) is 4.48. The number of carbonyl (C=O) groups is 2. The first kappa shape index (κ1) is 17.3. The summed E-state index contributed by atoms with van der Waals surface area (Å²) in [6, 6.07) is 0. The Labute approximate surface area is 149 Å². The van der Waals surface area contributed by atoms with Crippen LogP contribution in [0.4, 0.5) is 0 Å². The average Bonchev–Trinajstić information content (AvgIpc) is 3.41. The van der Waals surface area contributed by atoms with Crippen LogP contribution < -0.4 is 5.32 Å². The zero-order valence-corrected chi connectivity index (χ0v) is 15.0. The Morgan fingerprint density at radius 2 is 1.72 bits per heavy atom. The molecule has 1 atom stereocenters. The van der Waals surface area contributed by atoms with Crippen LogP contribution >= 0.6 is 0 Å². The van der Waals surface area contributed by atoms with Crippen LogP contribution in [0, 0.1) is 17.8 Å². The molecule has 4 aliphatic rings. The van der Waals surface area contributed by atoms with Crippen molar-refractivity contribution in [3.63, 3.8) is 0 Å². The third-order valence-corrected chi connectivity index (χ3v) is 6.28. The van der Waals surface area contributed by atoms with Gasteiger partial charge in [-0.2, -0.15) is 0 Å². The summed E-state index contributed by atoms with van der Waals surface area (Å²) in [5, 5.41) is 3.15. The van der Waals surface area contributed by atoms with E-state index in [4.69, 9.17) is 9.47 Å². The number of likely N-dealkylation sites (tertiary alicyclic amines) is 1. The van der Waals surface area contributed by atoms with Gasteiger partial charge in [0.05, 0.1) is 19.1 Å².